The Kier molecular flexibility index (Phi) is 5.51. The molecule has 0 saturated heterocycles. The number of nitrogens with zero attached hydrogens (tertiary/aromatic N) is 3. The summed E-state index contributed by atoms with van der Waals surface area (Å²) in [6.45, 7) is -0.153. The van der Waals surface area contributed by atoms with Crippen molar-refractivity contribution in [1.82, 2.24) is 9.80 Å². The van der Waals surface area contributed by atoms with Crippen molar-refractivity contribution in [2.24, 2.45) is 0 Å². The van der Waals surface area contributed by atoms with Crippen LogP contribution in [-0.2, 0) is 4.79 Å². The van der Waals surface area contributed by atoms with Crippen LogP contribution in [0.15, 0.2) is 12.1 Å². The Morgan fingerprint density at radius 3 is 2.29 bits per heavy atom. The molecule has 21 heavy (non-hydrogen) atoms. The van der Waals surface area contributed by atoms with E-state index in [0.29, 0.717) is 0 Å². The second-order valence-corrected chi connectivity index (χ2v) is 5.28. The van der Waals surface area contributed by atoms with Gasteiger partial charge in [-0.1, -0.05) is 23.2 Å². The van der Waals surface area contributed by atoms with E-state index in [1.165, 1.54) is 18.0 Å². The van der Waals surface area contributed by atoms with E-state index >= 15 is 0 Å². The van der Waals surface area contributed by atoms with Gasteiger partial charge in [-0.3, -0.25) is 19.7 Å². The first-order valence-corrected chi connectivity index (χ1v) is 6.49. The van der Waals surface area contributed by atoms with Crippen molar-refractivity contribution < 1.29 is 14.5 Å². The Morgan fingerprint density at radius 2 is 1.81 bits per heavy atom. The smallest absolute Gasteiger partial charge is 0.290 e. The number of nitro groups is 1. The number of hydrogen-bond acceptors (Lipinski definition) is 4. The van der Waals surface area contributed by atoms with Gasteiger partial charge in [0.1, 0.15) is 5.02 Å². The number of hydrogen-bond donors (Lipinski definition) is 0. The second-order valence-electron chi connectivity index (χ2n) is 4.50. The minimum absolute atomic E-state index is 0.00911. The molecular formula is C12H13Cl2N3O4. The molecule has 1 aromatic rings. The summed E-state index contributed by atoms with van der Waals surface area (Å²) in [6.07, 6.45) is 0. The number of likely N-dealkylation sites (N-methyl/N-ethyl adjacent to an activating group) is 2. The van der Waals surface area contributed by atoms with Crippen molar-refractivity contribution in [1.29, 1.82) is 0 Å². The third-order valence-corrected chi connectivity index (χ3v) is 3.46. The first-order chi connectivity index (χ1) is 9.65. The van der Waals surface area contributed by atoms with Crippen molar-refractivity contribution >= 4 is 40.7 Å². The van der Waals surface area contributed by atoms with Crippen LogP contribution >= 0.6 is 23.2 Å². The molecule has 0 aliphatic carbocycles. The Morgan fingerprint density at radius 1 is 1.24 bits per heavy atom. The van der Waals surface area contributed by atoms with Crippen molar-refractivity contribution in [2.75, 3.05) is 27.7 Å². The van der Waals surface area contributed by atoms with Crippen LogP contribution < -0.4 is 0 Å². The van der Waals surface area contributed by atoms with Gasteiger partial charge in [-0.25, -0.2) is 0 Å². The first kappa shape index (κ1) is 17.2. The summed E-state index contributed by atoms with van der Waals surface area (Å²) in [6, 6.07) is 2.27. The van der Waals surface area contributed by atoms with Crippen molar-refractivity contribution in [3.8, 4) is 0 Å². The maximum atomic E-state index is 12.2. The van der Waals surface area contributed by atoms with Crippen LogP contribution in [0.5, 0.6) is 0 Å². The lowest BCUT2D eigenvalue weighted by atomic mass is 10.1. The molecule has 0 aliphatic rings. The molecule has 0 fully saturated rings. The molecule has 9 heteroatoms. The Hall–Kier alpha value is -1.86. The van der Waals surface area contributed by atoms with Crippen LogP contribution in [0.2, 0.25) is 10.0 Å². The van der Waals surface area contributed by atoms with Gasteiger partial charge in [0.05, 0.1) is 16.5 Å². The van der Waals surface area contributed by atoms with Gasteiger partial charge in [0.2, 0.25) is 5.91 Å². The van der Waals surface area contributed by atoms with E-state index in [1.807, 2.05) is 0 Å². The molecule has 2 amide bonds. The Labute approximate surface area is 131 Å². The molecule has 0 atom stereocenters. The van der Waals surface area contributed by atoms with Crippen LogP contribution in [0.25, 0.3) is 0 Å². The molecule has 0 N–H and O–H groups in total. The quantitative estimate of drug-likeness (QED) is 0.623. The van der Waals surface area contributed by atoms with E-state index < -0.39 is 16.5 Å². The monoisotopic (exact) mass is 333 g/mol. The molecule has 114 valence electrons. The van der Waals surface area contributed by atoms with Crippen molar-refractivity contribution in [3.05, 3.63) is 37.9 Å². The lowest BCUT2D eigenvalue weighted by Crippen LogP contribution is -2.37. The number of halogens is 2. The molecule has 0 aromatic heterocycles. The fourth-order valence-electron chi connectivity index (χ4n) is 1.47. The van der Waals surface area contributed by atoms with Crippen LogP contribution in [0.3, 0.4) is 0 Å². The van der Waals surface area contributed by atoms with Crippen molar-refractivity contribution in [3.63, 3.8) is 0 Å². The Balaban J connectivity index is 3.08. The van der Waals surface area contributed by atoms with E-state index in [0.717, 1.165) is 11.0 Å². The number of nitro benzene ring substituents is 1. The van der Waals surface area contributed by atoms with Crippen molar-refractivity contribution in [2.45, 2.75) is 0 Å². The summed E-state index contributed by atoms with van der Waals surface area (Å²) in [5.41, 5.74) is -0.468. The third-order valence-electron chi connectivity index (χ3n) is 2.67. The first-order valence-electron chi connectivity index (χ1n) is 5.74. The summed E-state index contributed by atoms with van der Waals surface area (Å²) in [7, 11) is 4.54. The summed E-state index contributed by atoms with van der Waals surface area (Å²) in [4.78, 5) is 36.3. The lowest BCUT2D eigenvalue weighted by molar-refractivity contribution is -0.384. The predicted octanol–water partition coefficient (Wildman–Crippen LogP) is 2.06. The van der Waals surface area contributed by atoms with Gasteiger partial charge in [0.15, 0.2) is 0 Å². The molecule has 0 bridgehead atoms. The Bertz CT molecular complexity index is 604. The maximum absolute atomic E-state index is 12.2. The van der Waals surface area contributed by atoms with E-state index in [-0.39, 0.29) is 28.1 Å². The average molecular weight is 334 g/mol. The van der Waals surface area contributed by atoms with Crippen LogP contribution in [-0.4, -0.2) is 54.2 Å². The molecule has 0 spiro atoms. The molecule has 1 aromatic carbocycles. The lowest BCUT2D eigenvalue weighted by Gasteiger charge is -2.19. The number of amides is 2. The number of carbonyl (C=O) groups is 2. The minimum Gasteiger partial charge on any atom is -0.347 e. The zero-order chi connectivity index (χ0) is 16.3. The van der Waals surface area contributed by atoms with Crippen LogP contribution in [0.1, 0.15) is 10.4 Å². The van der Waals surface area contributed by atoms with E-state index in [2.05, 4.69) is 0 Å². The minimum atomic E-state index is -0.726. The molecule has 0 radical (unpaired) electrons. The molecule has 7 nitrogen and oxygen atoms in total. The zero-order valence-corrected chi connectivity index (χ0v) is 13.1. The second kappa shape index (κ2) is 6.73. The summed E-state index contributed by atoms with van der Waals surface area (Å²) < 4.78 is 0. The zero-order valence-electron chi connectivity index (χ0n) is 11.6. The summed E-state index contributed by atoms with van der Waals surface area (Å²) >= 11 is 11.5. The van der Waals surface area contributed by atoms with Gasteiger partial charge >= 0.3 is 0 Å². The van der Waals surface area contributed by atoms with Gasteiger partial charge in [-0.2, -0.15) is 0 Å². The van der Waals surface area contributed by atoms with Gasteiger partial charge in [0, 0.05) is 32.8 Å². The highest BCUT2D eigenvalue weighted by Crippen LogP contribution is 2.33. The highest BCUT2D eigenvalue weighted by atomic mass is 35.5. The van der Waals surface area contributed by atoms with Gasteiger partial charge in [-0.05, 0) is 6.07 Å². The molecule has 0 aliphatic heterocycles. The van der Waals surface area contributed by atoms with E-state index in [9.17, 15) is 19.7 Å². The standard InChI is InChI=1S/C12H13Cl2N3O4/c1-15(2)10(18)6-16(3)12(19)7-4-8(13)11(14)9(5-7)17(20)21/h4-5H,6H2,1-3H3. The predicted molar refractivity (Wildman–Crippen MR) is 78.8 cm³/mol. The highest BCUT2D eigenvalue weighted by molar-refractivity contribution is 6.43. The molecule has 0 saturated carbocycles. The van der Waals surface area contributed by atoms with E-state index in [4.69, 9.17) is 23.2 Å². The molecule has 1 rings (SSSR count). The largest absolute Gasteiger partial charge is 0.347 e. The fraction of sp³-hybridized carbons (Fsp3) is 0.333. The normalized spacial score (nSPS) is 10.1. The van der Waals surface area contributed by atoms with E-state index in [1.54, 1.807) is 14.1 Å². The SMILES string of the molecule is CN(C)C(=O)CN(C)C(=O)c1cc(Cl)c(Cl)c([N+](=O)[O-])c1. The maximum Gasteiger partial charge on any atom is 0.290 e. The van der Waals surface area contributed by atoms with Gasteiger partial charge in [0.25, 0.3) is 11.6 Å². The summed E-state index contributed by atoms with van der Waals surface area (Å²) in [5, 5.41) is 10.5. The summed E-state index contributed by atoms with van der Waals surface area (Å²) in [5.74, 6) is -0.840. The van der Waals surface area contributed by atoms with Crippen LogP contribution in [0.4, 0.5) is 5.69 Å². The molecule has 0 unspecified atom stereocenters. The third kappa shape index (κ3) is 4.05. The molecular weight excluding hydrogens is 321 g/mol. The number of carbonyl (C=O) groups excluding carboxylic acids is 2. The number of benzene rings is 1. The van der Waals surface area contributed by atoms with Gasteiger partial charge < -0.3 is 9.80 Å². The highest BCUT2D eigenvalue weighted by Gasteiger charge is 2.23. The average Bonchev–Trinajstić information content (AvgIpc) is 2.40. The molecule has 0 heterocycles. The topological polar surface area (TPSA) is 83.8 Å². The van der Waals surface area contributed by atoms with Crippen LogP contribution in [0, 0.1) is 10.1 Å². The fourth-order valence-corrected chi connectivity index (χ4v) is 1.86. The number of rotatable bonds is 4. The van der Waals surface area contributed by atoms with Gasteiger partial charge in [-0.15, -0.1) is 0 Å².